The Labute approximate surface area is 174 Å². The van der Waals surface area contributed by atoms with Crippen molar-refractivity contribution in [3.05, 3.63) is 65.7 Å². The van der Waals surface area contributed by atoms with Crippen LogP contribution in [0.4, 0.5) is 19.3 Å². The zero-order chi connectivity index (χ0) is 21.1. The quantitative estimate of drug-likeness (QED) is 0.777. The van der Waals surface area contributed by atoms with Gasteiger partial charge in [0.25, 0.3) is 0 Å². The van der Waals surface area contributed by atoms with Gasteiger partial charge in [0.15, 0.2) is 0 Å². The molecular formula is C23H25F2N3O2. The number of urea groups is 1. The Bertz CT molecular complexity index is 903. The number of hydrogen-bond acceptors (Lipinski definition) is 2. The average molecular weight is 413 g/mol. The molecule has 158 valence electrons. The minimum atomic E-state index is -0.510. The van der Waals surface area contributed by atoms with Crippen molar-refractivity contribution < 1.29 is 18.4 Å². The van der Waals surface area contributed by atoms with Crippen LogP contribution in [0.5, 0.6) is 0 Å². The first-order chi connectivity index (χ1) is 14.5. The van der Waals surface area contributed by atoms with Gasteiger partial charge in [0, 0.05) is 25.3 Å². The molecule has 0 radical (unpaired) electrons. The number of carbonyl (C=O) groups is 2. The van der Waals surface area contributed by atoms with Crippen molar-refractivity contribution in [2.45, 2.75) is 31.1 Å². The molecule has 0 atom stereocenters. The van der Waals surface area contributed by atoms with Crippen LogP contribution in [-0.2, 0) is 10.2 Å². The number of amides is 3. The topological polar surface area (TPSA) is 61.4 Å². The lowest BCUT2D eigenvalue weighted by molar-refractivity contribution is -0.123. The summed E-state index contributed by atoms with van der Waals surface area (Å²) in [6.07, 6.45) is 3.18. The first-order valence-corrected chi connectivity index (χ1v) is 10.3. The monoisotopic (exact) mass is 413 g/mol. The summed E-state index contributed by atoms with van der Waals surface area (Å²) in [6.45, 7) is 1.79. The number of anilines is 1. The van der Waals surface area contributed by atoms with Gasteiger partial charge in [-0.25, -0.2) is 13.6 Å². The number of hydrogen-bond donors (Lipinski definition) is 2. The molecule has 2 aromatic rings. The number of nitrogens with zero attached hydrogens (tertiary/aromatic N) is 1. The van der Waals surface area contributed by atoms with Crippen LogP contribution in [0.1, 0.15) is 31.2 Å². The van der Waals surface area contributed by atoms with E-state index in [0.29, 0.717) is 31.2 Å². The number of benzene rings is 2. The second-order valence-corrected chi connectivity index (χ2v) is 8.17. The standard InChI is InChI=1S/C23H25F2N3O2/c24-18-3-1-17(2-4-18)23(11-12-23)21(29)26-15-16-9-13-28(14-10-16)22(30)27-20-7-5-19(25)6-8-20/h1-8,16H,9-15H2,(H,26,29)(H,27,30). The van der Waals surface area contributed by atoms with Crippen molar-refractivity contribution in [3.8, 4) is 0 Å². The van der Waals surface area contributed by atoms with Gasteiger partial charge in [0.2, 0.25) is 5.91 Å². The van der Waals surface area contributed by atoms with Crippen molar-refractivity contribution in [3.63, 3.8) is 0 Å². The molecule has 0 spiro atoms. The summed E-state index contributed by atoms with van der Waals surface area (Å²) < 4.78 is 26.1. The fraction of sp³-hybridized carbons (Fsp3) is 0.391. The Hall–Kier alpha value is -2.96. The Kier molecular flexibility index (Phi) is 5.70. The highest BCUT2D eigenvalue weighted by Crippen LogP contribution is 2.48. The van der Waals surface area contributed by atoms with Crippen LogP contribution in [-0.4, -0.2) is 36.5 Å². The highest BCUT2D eigenvalue weighted by molar-refractivity contribution is 5.91. The molecule has 2 N–H and O–H groups in total. The minimum Gasteiger partial charge on any atom is -0.355 e. The second-order valence-electron chi connectivity index (χ2n) is 8.17. The minimum absolute atomic E-state index is 0.00518. The summed E-state index contributed by atoms with van der Waals surface area (Å²) in [5.74, 6) is -0.327. The van der Waals surface area contributed by atoms with Crippen molar-refractivity contribution in [1.82, 2.24) is 10.2 Å². The number of piperidine rings is 1. The Morgan fingerprint density at radius 3 is 2.07 bits per heavy atom. The van der Waals surface area contributed by atoms with Gasteiger partial charge in [0.05, 0.1) is 5.41 Å². The molecule has 2 fully saturated rings. The van der Waals surface area contributed by atoms with Crippen LogP contribution >= 0.6 is 0 Å². The summed E-state index contributed by atoms with van der Waals surface area (Å²) in [6, 6.07) is 11.7. The number of carbonyl (C=O) groups excluding carboxylic acids is 2. The van der Waals surface area contributed by atoms with E-state index in [9.17, 15) is 18.4 Å². The van der Waals surface area contributed by atoms with Crippen LogP contribution < -0.4 is 10.6 Å². The number of nitrogens with one attached hydrogen (secondary N) is 2. The van der Waals surface area contributed by atoms with E-state index in [4.69, 9.17) is 0 Å². The Morgan fingerprint density at radius 2 is 1.50 bits per heavy atom. The van der Waals surface area contributed by atoms with Crippen molar-refractivity contribution in [2.24, 2.45) is 5.92 Å². The zero-order valence-corrected chi connectivity index (χ0v) is 16.7. The molecule has 5 nitrogen and oxygen atoms in total. The predicted octanol–water partition coefficient (Wildman–Crippen LogP) is 4.06. The smallest absolute Gasteiger partial charge is 0.321 e. The van der Waals surface area contributed by atoms with Gasteiger partial charge in [-0.2, -0.15) is 0 Å². The second kappa shape index (κ2) is 8.42. The molecule has 7 heteroatoms. The molecule has 1 saturated heterocycles. The van der Waals surface area contributed by atoms with E-state index in [1.54, 1.807) is 17.0 Å². The van der Waals surface area contributed by atoms with E-state index < -0.39 is 5.41 Å². The first kappa shape index (κ1) is 20.3. The van der Waals surface area contributed by atoms with Gasteiger partial charge in [-0.3, -0.25) is 4.79 Å². The van der Waals surface area contributed by atoms with E-state index in [2.05, 4.69) is 10.6 Å². The summed E-state index contributed by atoms with van der Waals surface area (Å²) in [5, 5.41) is 5.85. The normalized spacial score (nSPS) is 18.0. The lowest BCUT2D eigenvalue weighted by Gasteiger charge is -2.32. The van der Waals surface area contributed by atoms with Crippen LogP contribution in [0.2, 0.25) is 0 Å². The molecule has 0 unspecified atom stereocenters. The molecule has 1 aliphatic carbocycles. The first-order valence-electron chi connectivity index (χ1n) is 10.3. The van der Waals surface area contributed by atoms with Gasteiger partial charge < -0.3 is 15.5 Å². The summed E-state index contributed by atoms with van der Waals surface area (Å²) >= 11 is 0. The number of halogens is 2. The molecule has 1 heterocycles. The Morgan fingerprint density at radius 1 is 0.933 bits per heavy atom. The maximum atomic E-state index is 13.2. The largest absolute Gasteiger partial charge is 0.355 e. The summed E-state index contributed by atoms with van der Waals surface area (Å²) in [4.78, 5) is 26.9. The highest BCUT2D eigenvalue weighted by atomic mass is 19.1. The van der Waals surface area contributed by atoms with Gasteiger partial charge in [-0.15, -0.1) is 0 Å². The fourth-order valence-electron chi connectivity index (χ4n) is 4.02. The van der Waals surface area contributed by atoms with Gasteiger partial charge in [-0.1, -0.05) is 12.1 Å². The molecule has 1 aliphatic heterocycles. The third kappa shape index (κ3) is 4.45. The number of rotatable bonds is 5. The van der Waals surface area contributed by atoms with E-state index in [1.807, 2.05) is 0 Å². The van der Waals surface area contributed by atoms with Crippen molar-refractivity contribution >= 4 is 17.6 Å². The van der Waals surface area contributed by atoms with Crippen molar-refractivity contribution in [2.75, 3.05) is 25.0 Å². The zero-order valence-electron chi connectivity index (χ0n) is 16.7. The maximum Gasteiger partial charge on any atom is 0.321 e. The molecule has 4 rings (SSSR count). The number of likely N-dealkylation sites (tertiary alicyclic amines) is 1. The van der Waals surface area contributed by atoms with E-state index in [0.717, 1.165) is 31.2 Å². The molecule has 0 aromatic heterocycles. The van der Waals surface area contributed by atoms with E-state index >= 15 is 0 Å². The predicted molar refractivity (Wildman–Crippen MR) is 110 cm³/mol. The molecule has 2 aliphatic rings. The van der Waals surface area contributed by atoms with Crippen LogP contribution in [0.25, 0.3) is 0 Å². The van der Waals surface area contributed by atoms with Crippen LogP contribution in [0.15, 0.2) is 48.5 Å². The molecule has 0 bridgehead atoms. The average Bonchev–Trinajstić information content (AvgIpc) is 3.56. The van der Waals surface area contributed by atoms with Gasteiger partial charge >= 0.3 is 6.03 Å². The molecule has 3 amide bonds. The lowest BCUT2D eigenvalue weighted by atomic mass is 9.93. The third-order valence-electron chi connectivity index (χ3n) is 6.13. The highest BCUT2D eigenvalue weighted by Gasteiger charge is 2.51. The Balaban J connectivity index is 1.23. The molecule has 1 saturated carbocycles. The molecule has 30 heavy (non-hydrogen) atoms. The van der Waals surface area contributed by atoms with Crippen molar-refractivity contribution in [1.29, 1.82) is 0 Å². The van der Waals surface area contributed by atoms with Crippen LogP contribution in [0, 0.1) is 17.6 Å². The lowest BCUT2D eigenvalue weighted by Crippen LogP contribution is -2.44. The molecule has 2 aromatic carbocycles. The summed E-state index contributed by atoms with van der Waals surface area (Å²) in [7, 11) is 0. The van der Waals surface area contributed by atoms with E-state index in [1.165, 1.54) is 36.4 Å². The SMILES string of the molecule is O=C(Nc1ccc(F)cc1)N1CCC(CNC(=O)C2(c3ccc(F)cc3)CC2)CC1. The maximum absolute atomic E-state index is 13.2. The fourth-order valence-corrected chi connectivity index (χ4v) is 4.02. The summed E-state index contributed by atoms with van der Waals surface area (Å²) in [5.41, 5.74) is 0.920. The van der Waals surface area contributed by atoms with E-state index in [-0.39, 0.29) is 23.6 Å². The third-order valence-corrected chi connectivity index (χ3v) is 6.13. The molecular weight excluding hydrogens is 388 g/mol. The van der Waals surface area contributed by atoms with Crippen LogP contribution in [0.3, 0.4) is 0 Å². The van der Waals surface area contributed by atoms with Gasteiger partial charge in [-0.05, 0) is 73.6 Å². The van der Waals surface area contributed by atoms with Gasteiger partial charge in [0.1, 0.15) is 11.6 Å².